The number of rotatable bonds is 6. The molecule has 1 N–H and O–H groups in total. The summed E-state index contributed by atoms with van der Waals surface area (Å²) in [6.07, 6.45) is 13.1. The standard InChI is InChI=1S/C21H34N4O/c1-3-19(18-10-9-13-22-16-18)24(2)20(26)23-21(11-5-4-6-12-21)17-25-14-7-8-15-25/h9-10,13,16,19H,3-8,11-12,14-15,17H2,1-2H3,(H,23,26)/t19-/m0/s1. The van der Waals surface area contributed by atoms with Crippen LogP contribution < -0.4 is 5.32 Å². The number of hydrogen-bond acceptors (Lipinski definition) is 3. The molecule has 26 heavy (non-hydrogen) atoms. The monoisotopic (exact) mass is 358 g/mol. The van der Waals surface area contributed by atoms with E-state index in [2.05, 4.69) is 28.2 Å². The predicted octanol–water partition coefficient (Wildman–Crippen LogP) is 3.97. The molecule has 144 valence electrons. The molecule has 0 aromatic carbocycles. The normalized spacial score (nSPS) is 21.3. The molecule has 0 unspecified atom stereocenters. The van der Waals surface area contributed by atoms with Gasteiger partial charge in [-0.15, -0.1) is 0 Å². The van der Waals surface area contributed by atoms with E-state index in [1.54, 1.807) is 6.20 Å². The summed E-state index contributed by atoms with van der Waals surface area (Å²) < 4.78 is 0. The highest BCUT2D eigenvalue weighted by Gasteiger charge is 2.37. The van der Waals surface area contributed by atoms with E-state index in [-0.39, 0.29) is 17.6 Å². The van der Waals surface area contributed by atoms with Crippen LogP contribution in [0.4, 0.5) is 4.79 Å². The van der Waals surface area contributed by atoms with Crippen LogP contribution >= 0.6 is 0 Å². The molecule has 0 bridgehead atoms. The van der Waals surface area contributed by atoms with Gasteiger partial charge >= 0.3 is 6.03 Å². The Morgan fingerprint density at radius 1 is 1.27 bits per heavy atom. The fraction of sp³-hybridized carbons (Fsp3) is 0.714. The van der Waals surface area contributed by atoms with Crippen molar-refractivity contribution in [1.29, 1.82) is 0 Å². The van der Waals surface area contributed by atoms with Gasteiger partial charge in [-0.05, 0) is 56.8 Å². The molecule has 1 aliphatic carbocycles. The van der Waals surface area contributed by atoms with Crippen LogP contribution in [0.1, 0.15) is 69.9 Å². The Bertz CT molecular complexity index is 565. The van der Waals surface area contributed by atoms with Crippen LogP contribution in [0.5, 0.6) is 0 Å². The number of carbonyl (C=O) groups excluding carboxylic acids is 1. The first-order valence-electron chi connectivity index (χ1n) is 10.3. The molecule has 1 aromatic rings. The van der Waals surface area contributed by atoms with Gasteiger partial charge in [0.15, 0.2) is 0 Å². The number of aromatic nitrogens is 1. The molecule has 0 spiro atoms. The van der Waals surface area contributed by atoms with E-state index < -0.39 is 0 Å². The van der Waals surface area contributed by atoms with E-state index in [0.29, 0.717) is 0 Å². The van der Waals surface area contributed by atoms with E-state index in [0.717, 1.165) is 31.4 Å². The molecule has 5 nitrogen and oxygen atoms in total. The maximum absolute atomic E-state index is 13.1. The average Bonchev–Trinajstić information content (AvgIpc) is 3.16. The van der Waals surface area contributed by atoms with Crippen molar-refractivity contribution < 1.29 is 4.79 Å². The van der Waals surface area contributed by atoms with E-state index in [4.69, 9.17) is 0 Å². The predicted molar refractivity (Wildman–Crippen MR) is 105 cm³/mol. The van der Waals surface area contributed by atoms with Crippen LogP contribution in [0, 0.1) is 0 Å². The Kier molecular flexibility index (Phi) is 6.52. The molecule has 1 saturated heterocycles. The molecular weight excluding hydrogens is 324 g/mol. The summed E-state index contributed by atoms with van der Waals surface area (Å²) in [7, 11) is 1.92. The van der Waals surface area contributed by atoms with E-state index in [1.807, 2.05) is 24.2 Å². The summed E-state index contributed by atoms with van der Waals surface area (Å²) in [6, 6.07) is 4.13. The fourth-order valence-corrected chi connectivity index (χ4v) is 4.68. The van der Waals surface area contributed by atoms with Gasteiger partial charge in [0.05, 0.1) is 11.6 Å². The second-order valence-electron chi connectivity index (χ2n) is 8.08. The Morgan fingerprint density at radius 2 is 2.00 bits per heavy atom. The van der Waals surface area contributed by atoms with Gasteiger partial charge in [-0.25, -0.2) is 4.79 Å². The zero-order valence-electron chi connectivity index (χ0n) is 16.4. The molecule has 1 saturated carbocycles. The van der Waals surface area contributed by atoms with E-state index in [1.165, 1.54) is 45.2 Å². The lowest BCUT2D eigenvalue weighted by molar-refractivity contribution is 0.135. The third-order valence-electron chi connectivity index (χ3n) is 6.15. The highest BCUT2D eigenvalue weighted by Crippen LogP contribution is 2.31. The molecule has 3 rings (SSSR count). The average molecular weight is 359 g/mol. The second kappa shape index (κ2) is 8.85. The molecule has 5 heteroatoms. The van der Waals surface area contributed by atoms with Gasteiger partial charge in [-0.3, -0.25) is 4.98 Å². The molecule has 2 fully saturated rings. The van der Waals surface area contributed by atoms with Crippen LogP contribution in [0.25, 0.3) is 0 Å². The number of carbonyl (C=O) groups is 1. The number of likely N-dealkylation sites (tertiary alicyclic amines) is 1. The maximum Gasteiger partial charge on any atom is 0.318 e. The number of nitrogens with zero attached hydrogens (tertiary/aromatic N) is 3. The summed E-state index contributed by atoms with van der Waals surface area (Å²) >= 11 is 0. The van der Waals surface area contributed by atoms with Crippen LogP contribution in [-0.2, 0) is 0 Å². The van der Waals surface area contributed by atoms with Crippen LogP contribution in [0.15, 0.2) is 24.5 Å². The SMILES string of the molecule is CC[C@@H](c1cccnc1)N(C)C(=O)NC1(CN2CCCC2)CCCCC1. The molecule has 1 aliphatic heterocycles. The molecule has 1 atom stereocenters. The lowest BCUT2D eigenvalue weighted by Crippen LogP contribution is -2.58. The Morgan fingerprint density at radius 3 is 2.62 bits per heavy atom. The first-order chi connectivity index (χ1) is 12.6. The van der Waals surface area contributed by atoms with E-state index in [9.17, 15) is 4.79 Å². The van der Waals surface area contributed by atoms with Crippen molar-refractivity contribution in [3.63, 3.8) is 0 Å². The number of amides is 2. The van der Waals surface area contributed by atoms with Crippen molar-refractivity contribution in [2.75, 3.05) is 26.7 Å². The third kappa shape index (κ3) is 4.56. The Balaban J connectivity index is 1.69. The summed E-state index contributed by atoms with van der Waals surface area (Å²) in [5.41, 5.74) is 1.05. The molecule has 2 amide bonds. The van der Waals surface area contributed by atoms with Crippen molar-refractivity contribution in [2.24, 2.45) is 0 Å². The maximum atomic E-state index is 13.1. The van der Waals surface area contributed by atoms with Crippen LogP contribution in [-0.4, -0.2) is 53.0 Å². The van der Waals surface area contributed by atoms with Crippen molar-refractivity contribution in [1.82, 2.24) is 20.1 Å². The number of nitrogens with one attached hydrogen (secondary N) is 1. The number of pyridine rings is 1. The highest BCUT2D eigenvalue weighted by molar-refractivity contribution is 5.75. The second-order valence-corrected chi connectivity index (χ2v) is 8.08. The van der Waals surface area contributed by atoms with Crippen molar-refractivity contribution in [3.8, 4) is 0 Å². The van der Waals surface area contributed by atoms with Gasteiger partial charge in [0.2, 0.25) is 0 Å². The molecule has 1 aromatic heterocycles. The van der Waals surface area contributed by atoms with Gasteiger partial charge in [0.1, 0.15) is 0 Å². The first kappa shape index (κ1) is 19.2. The van der Waals surface area contributed by atoms with Gasteiger partial charge in [0.25, 0.3) is 0 Å². The van der Waals surface area contributed by atoms with E-state index >= 15 is 0 Å². The molecule has 0 radical (unpaired) electrons. The molecule has 2 heterocycles. The fourth-order valence-electron chi connectivity index (χ4n) is 4.68. The summed E-state index contributed by atoms with van der Waals surface area (Å²) in [5.74, 6) is 0. The van der Waals surface area contributed by atoms with Crippen molar-refractivity contribution in [3.05, 3.63) is 30.1 Å². The smallest absolute Gasteiger partial charge is 0.318 e. The number of urea groups is 1. The highest BCUT2D eigenvalue weighted by atomic mass is 16.2. The van der Waals surface area contributed by atoms with Crippen molar-refractivity contribution >= 4 is 6.03 Å². The largest absolute Gasteiger partial charge is 0.331 e. The minimum atomic E-state index is -0.0544. The quantitative estimate of drug-likeness (QED) is 0.837. The summed E-state index contributed by atoms with van der Waals surface area (Å²) in [6.45, 7) is 5.50. The Hall–Kier alpha value is -1.62. The minimum absolute atomic E-state index is 0.0544. The van der Waals surface area contributed by atoms with Crippen LogP contribution in [0.2, 0.25) is 0 Å². The molecule has 2 aliphatic rings. The van der Waals surface area contributed by atoms with Gasteiger partial charge in [-0.1, -0.05) is 32.3 Å². The van der Waals surface area contributed by atoms with Gasteiger partial charge < -0.3 is 15.1 Å². The van der Waals surface area contributed by atoms with Crippen molar-refractivity contribution in [2.45, 2.75) is 69.9 Å². The molecular formula is C21H34N4O. The minimum Gasteiger partial charge on any atom is -0.331 e. The van der Waals surface area contributed by atoms with Crippen LogP contribution in [0.3, 0.4) is 0 Å². The topological polar surface area (TPSA) is 48.5 Å². The third-order valence-corrected chi connectivity index (χ3v) is 6.15. The zero-order valence-corrected chi connectivity index (χ0v) is 16.4. The summed E-state index contributed by atoms with van der Waals surface area (Å²) in [4.78, 5) is 21.8. The number of hydrogen-bond donors (Lipinski definition) is 1. The summed E-state index contributed by atoms with van der Waals surface area (Å²) in [5, 5.41) is 3.47. The lowest BCUT2D eigenvalue weighted by Gasteiger charge is -2.42. The first-order valence-corrected chi connectivity index (χ1v) is 10.3. The lowest BCUT2D eigenvalue weighted by atomic mass is 9.81. The van der Waals surface area contributed by atoms with Gasteiger partial charge in [-0.2, -0.15) is 0 Å². The Labute approximate surface area is 158 Å². The zero-order chi connectivity index (χ0) is 18.4. The van der Waals surface area contributed by atoms with Gasteiger partial charge in [0, 0.05) is 26.0 Å².